The zero-order valence-electron chi connectivity index (χ0n) is 7.30. The standard InChI is InChI=1S/C10H12BrO/c1-7(2)12-10-5-4-9(11)6-8(10)3/h4-7H,3H2,1-2H3. The lowest BCUT2D eigenvalue weighted by molar-refractivity contribution is 0.241. The first-order valence-electron chi connectivity index (χ1n) is 3.88. The Hall–Kier alpha value is -0.500. The molecular formula is C10H12BrO. The molecule has 1 aromatic carbocycles. The van der Waals surface area contributed by atoms with Crippen molar-refractivity contribution in [3.8, 4) is 5.75 Å². The molecule has 0 saturated heterocycles. The van der Waals surface area contributed by atoms with Crippen LogP contribution in [0.3, 0.4) is 0 Å². The molecule has 1 radical (unpaired) electrons. The van der Waals surface area contributed by atoms with Crippen molar-refractivity contribution in [1.29, 1.82) is 0 Å². The van der Waals surface area contributed by atoms with Gasteiger partial charge in [-0.2, -0.15) is 0 Å². The minimum atomic E-state index is 0.201. The number of ether oxygens (including phenoxy) is 1. The third-order valence-corrected chi connectivity index (χ3v) is 1.88. The van der Waals surface area contributed by atoms with Gasteiger partial charge in [0, 0.05) is 4.47 Å². The highest BCUT2D eigenvalue weighted by Gasteiger charge is 2.01. The third-order valence-electron chi connectivity index (χ3n) is 1.39. The summed E-state index contributed by atoms with van der Waals surface area (Å²) >= 11 is 3.37. The maximum Gasteiger partial charge on any atom is 0.122 e. The Labute approximate surface area is 81.9 Å². The molecule has 0 saturated carbocycles. The number of hydrogen-bond donors (Lipinski definition) is 0. The highest BCUT2D eigenvalue weighted by atomic mass is 79.9. The van der Waals surface area contributed by atoms with E-state index < -0.39 is 0 Å². The van der Waals surface area contributed by atoms with Crippen LogP contribution in [0.15, 0.2) is 22.7 Å². The van der Waals surface area contributed by atoms with Crippen LogP contribution in [0.25, 0.3) is 0 Å². The summed E-state index contributed by atoms with van der Waals surface area (Å²) in [6.07, 6.45) is 0.201. The molecule has 0 spiro atoms. The topological polar surface area (TPSA) is 9.23 Å². The molecule has 0 heterocycles. The molecular weight excluding hydrogens is 216 g/mol. The van der Waals surface area contributed by atoms with Gasteiger partial charge in [-0.25, -0.2) is 0 Å². The molecule has 0 aliphatic rings. The zero-order valence-corrected chi connectivity index (χ0v) is 8.89. The number of rotatable bonds is 2. The molecule has 0 aliphatic heterocycles. The molecule has 0 bridgehead atoms. The summed E-state index contributed by atoms with van der Waals surface area (Å²) in [5, 5.41) is 0. The van der Waals surface area contributed by atoms with Gasteiger partial charge in [0.15, 0.2) is 0 Å². The summed E-state index contributed by atoms with van der Waals surface area (Å²) in [5.41, 5.74) is 0.915. The average molecular weight is 228 g/mol. The Morgan fingerprint density at radius 3 is 2.58 bits per heavy atom. The maximum absolute atomic E-state index is 5.52. The van der Waals surface area contributed by atoms with Gasteiger partial charge in [0.05, 0.1) is 6.10 Å². The first kappa shape index (κ1) is 9.59. The predicted octanol–water partition coefficient (Wildman–Crippen LogP) is 3.42. The van der Waals surface area contributed by atoms with Crippen LogP contribution in [-0.4, -0.2) is 6.10 Å². The van der Waals surface area contributed by atoms with Gasteiger partial charge in [-0.1, -0.05) is 15.9 Å². The van der Waals surface area contributed by atoms with Gasteiger partial charge in [0.2, 0.25) is 0 Å². The summed E-state index contributed by atoms with van der Waals surface area (Å²) in [6, 6.07) is 5.82. The number of benzene rings is 1. The lowest BCUT2D eigenvalue weighted by Crippen LogP contribution is -2.06. The van der Waals surface area contributed by atoms with E-state index in [9.17, 15) is 0 Å². The number of hydrogen-bond acceptors (Lipinski definition) is 1. The molecule has 2 heteroatoms. The van der Waals surface area contributed by atoms with Crippen molar-refractivity contribution in [1.82, 2.24) is 0 Å². The van der Waals surface area contributed by atoms with E-state index in [1.165, 1.54) is 0 Å². The molecule has 0 N–H and O–H groups in total. The summed E-state index contributed by atoms with van der Waals surface area (Å²) in [6.45, 7) is 7.88. The Kier molecular flexibility index (Phi) is 3.15. The third kappa shape index (κ3) is 2.52. The number of halogens is 1. The summed E-state index contributed by atoms with van der Waals surface area (Å²) in [5.74, 6) is 0.855. The SMILES string of the molecule is [CH2]c1cc(Br)ccc1OC(C)C. The van der Waals surface area contributed by atoms with Gasteiger partial charge in [0.1, 0.15) is 5.75 Å². The molecule has 1 rings (SSSR count). The Bertz CT molecular complexity index is 269. The molecule has 0 unspecified atom stereocenters. The minimum absolute atomic E-state index is 0.201. The Balaban J connectivity index is 2.86. The quantitative estimate of drug-likeness (QED) is 0.753. The van der Waals surface area contributed by atoms with E-state index in [0.717, 1.165) is 15.8 Å². The largest absolute Gasteiger partial charge is 0.491 e. The van der Waals surface area contributed by atoms with Crippen LogP contribution in [-0.2, 0) is 0 Å². The van der Waals surface area contributed by atoms with Crippen LogP contribution in [0, 0.1) is 6.92 Å². The summed E-state index contributed by atoms with van der Waals surface area (Å²) in [7, 11) is 0. The summed E-state index contributed by atoms with van der Waals surface area (Å²) in [4.78, 5) is 0. The second-order valence-corrected chi connectivity index (χ2v) is 3.83. The van der Waals surface area contributed by atoms with Crippen LogP contribution in [0.1, 0.15) is 19.4 Å². The van der Waals surface area contributed by atoms with E-state index in [4.69, 9.17) is 4.74 Å². The van der Waals surface area contributed by atoms with Crippen molar-refractivity contribution in [2.45, 2.75) is 20.0 Å². The second kappa shape index (κ2) is 3.94. The van der Waals surface area contributed by atoms with Gasteiger partial charge in [-0.15, -0.1) is 0 Å². The average Bonchev–Trinajstić information content (AvgIpc) is 1.94. The van der Waals surface area contributed by atoms with Crippen molar-refractivity contribution < 1.29 is 4.74 Å². The van der Waals surface area contributed by atoms with Crippen LogP contribution < -0.4 is 4.74 Å². The molecule has 1 aromatic rings. The normalized spacial score (nSPS) is 10.4. The van der Waals surface area contributed by atoms with E-state index in [1.54, 1.807) is 0 Å². The van der Waals surface area contributed by atoms with E-state index in [0.29, 0.717) is 0 Å². The first-order valence-corrected chi connectivity index (χ1v) is 4.67. The molecule has 0 aromatic heterocycles. The predicted molar refractivity (Wildman–Crippen MR) is 54.4 cm³/mol. The molecule has 1 nitrogen and oxygen atoms in total. The molecule has 12 heavy (non-hydrogen) atoms. The minimum Gasteiger partial charge on any atom is -0.491 e. The van der Waals surface area contributed by atoms with Crippen molar-refractivity contribution in [2.24, 2.45) is 0 Å². The highest BCUT2D eigenvalue weighted by Crippen LogP contribution is 2.22. The highest BCUT2D eigenvalue weighted by molar-refractivity contribution is 9.10. The van der Waals surface area contributed by atoms with Crippen LogP contribution in [0.4, 0.5) is 0 Å². The second-order valence-electron chi connectivity index (χ2n) is 2.92. The maximum atomic E-state index is 5.52. The molecule has 0 fully saturated rings. The molecule has 0 amide bonds. The smallest absolute Gasteiger partial charge is 0.122 e. The van der Waals surface area contributed by atoms with E-state index >= 15 is 0 Å². The van der Waals surface area contributed by atoms with Gasteiger partial charge < -0.3 is 4.74 Å². The van der Waals surface area contributed by atoms with E-state index in [-0.39, 0.29) is 6.10 Å². The monoisotopic (exact) mass is 227 g/mol. The van der Waals surface area contributed by atoms with Crippen LogP contribution in [0.5, 0.6) is 5.75 Å². The van der Waals surface area contributed by atoms with Crippen LogP contribution in [0.2, 0.25) is 0 Å². The van der Waals surface area contributed by atoms with Crippen molar-refractivity contribution in [3.63, 3.8) is 0 Å². The van der Waals surface area contributed by atoms with Crippen LogP contribution >= 0.6 is 15.9 Å². The molecule has 0 atom stereocenters. The summed E-state index contributed by atoms with van der Waals surface area (Å²) < 4.78 is 6.55. The first-order chi connectivity index (χ1) is 5.59. The van der Waals surface area contributed by atoms with Crippen molar-refractivity contribution in [2.75, 3.05) is 0 Å². The van der Waals surface area contributed by atoms with Crippen molar-refractivity contribution >= 4 is 15.9 Å². The Morgan fingerprint density at radius 2 is 2.08 bits per heavy atom. The fraction of sp³-hybridized carbons (Fsp3) is 0.300. The van der Waals surface area contributed by atoms with Gasteiger partial charge in [-0.3, -0.25) is 0 Å². The van der Waals surface area contributed by atoms with Crippen molar-refractivity contribution in [3.05, 3.63) is 35.2 Å². The van der Waals surface area contributed by atoms with Gasteiger partial charge in [0.25, 0.3) is 0 Å². The Morgan fingerprint density at radius 1 is 1.42 bits per heavy atom. The molecule has 0 aliphatic carbocycles. The van der Waals surface area contributed by atoms with E-state index in [1.807, 2.05) is 32.0 Å². The van der Waals surface area contributed by atoms with Gasteiger partial charge in [-0.05, 0) is 44.5 Å². The van der Waals surface area contributed by atoms with Gasteiger partial charge >= 0.3 is 0 Å². The lowest BCUT2D eigenvalue weighted by Gasteiger charge is -2.11. The van der Waals surface area contributed by atoms with E-state index in [2.05, 4.69) is 22.9 Å². The zero-order chi connectivity index (χ0) is 9.14. The molecule has 65 valence electrons. The fourth-order valence-electron chi connectivity index (χ4n) is 0.917. The fourth-order valence-corrected chi connectivity index (χ4v) is 1.33. The lowest BCUT2D eigenvalue weighted by atomic mass is 10.2.